The van der Waals surface area contributed by atoms with Crippen LogP contribution in [-0.2, 0) is 88.2 Å². The molecule has 4 atom stereocenters. The van der Waals surface area contributed by atoms with Gasteiger partial charge in [0.25, 0.3) is 40.1 Å². The van der Waals surface area contributed by atoms with Crippen LogP contribution in [0.25, 0.3) is 0 Å². The van der Waals surface area contributed by atoms with Gasteiger partial charge in [-0.05, 0) is 268 Å². The molecule has 12 heterocycles. The molecule has 124 heavy (non-hydrogen) atoms. The lowest BCUT2D eigenvalue weighted by Gasteiger charge is -2.42. The number of thiophene rings is 4. The zero-order valence-corrected chi connectivity index (χ0v) is 77.2. The number of anilines is 4. The molecule has 16 rings (SSSR count). The molecule has 0 saturated carbocycles. The molecular weight excluding hydrogens is 1720 g/mol. The first kappa shape index (κ1) is 92.6. The highest BCUT2D eigenvalue weighted by Crippen LogP contribution is 2.37. The minimum absolute atomic E-state index is 0.0149. The normalized spacial score (nSPS) is 18.3. The summed E-state index contributed by atoms with van der Waals surface area (Å²) in [4.78, 5) is 25.5. The molecule has 0 spiro atoms. The third kappa shape index (κ3) is 23.2. The van der Waals surface area contributed by atoms with Crippen LogP contribution in [0.4, 0.5) is 22.7 Å². The van der Waals surface area contributed by atoms with E-state index in [9.17, 15) is 54.1 Å². The van der Waals surface area contributed by atoms with Crippen LogP contribution in [0.2, 0.25) is 0 Å². The third-order valence-electron chi connectivity index (χ3n) is 22.6. The highest BCUT2D eigenvalue weighted by Gasteiger charge is 2.41. The minimum Gasteiger partial charge on any atom is -0.386 e. The van der Waals surface area contributed by atoms with Gasteiger partial charge in [0, 0.05) is 175 Å². The number of sulfonamides is 4. The Labute approximate surface area is 745 Å². The van der Waals surface area contributed by atoms with Gasteiger partial charge >= 0.3 is 0 Å². The van der Waals surface area contributed by atoms with Gasteiger partial charge in [-0.25, -0.2) is 33.7 Å². The molecule has 8 aromatic heterocycles. The summed E-state index contributed by atoms with van der Waals surface area (Å²) < 4.78 is 113. The van der Waals surface area contributed by atoms with Crippen LogP contribution in [0.1, 0.15) is 99.9 Å². The Morgan fingerprint density at radius 3 is 0.605 bits per heavy atom. The average Bonchev–Trinajstić information content (AvgIpc) is 1.30. The van der Waals surface area contributed by atoms with Crippen molar-refractivity contribution in [3.05, 3.63) is 310 Å². The van der Waals surface area contributed by atoms with Crippen molar-refractivity contribution in [2.75, 3.05) is 98.1 Å². The van der Waals surface area contributed by atoms with E-state index in [1.165, 1.54) is 45.3 Å². The van der Waals surface area contributed by atoms with Gasteiger partial charge in [0.2, 0.25) is 0 Å². The van der Waals surface area contributed by atoms with E-state index in [1.54, 1.807) is 192 Å². The minimum atomic E-state index is -3.50. The largest absolute Gasteiger partial charge is 0.386 e. The highest BCUT2D eigenvalue weighted by molar-refractivity contribution is 7.92. The third-order valence-corrected chi connectivity index (χ3v) is 35.6. The number of rotatable bonds is 24. The van der Waals surface area contributed by atoms with Crippen molar-refractivity contribution in [1.29, 1.82) is 0 Å². The summed E-state index contributed by atoms with van der Waals surface area (Å²) in [6.07, 6.45) is 17.0. The van der Waals surface area contributed by atoms with E-state index in [-0.39, 0.29) is 24.2 Å². The van der Waals surface area contributed by atoms with Crippen LogP contribution in [-0.4, -0.2) is 194 Å². The lowest BCUT2D eigenvalue weighted by atomic mass is 9.97. The summed E-state index contributed by atoms with van der Waals surface area (Å²) >= 11 is 5.02. The van der Waals surface area contributed by atoms with Gasteiger partial charge in [-0.2, -0.15) is 17.2 Å². The molecule has 24 nitrogen and oxygen atoms in total. The SMILES string of the molecule is CC(C)(O)c1ccc(N2CCN(S(=O)(=O)c3cccs3)C[C@@H]2Cc2ccncc2)cc1.CC(C)(O)c1ccc(N2CCN(S(=O)(=O)c3cccs3)C[C@@H]2Cc2ccncc2)cc1.CC(C)(O)c1ccc(N2CCN(S(=O)(=O)c3cccs3)C[C@H]2Cc2ccncc2)cc1.CC(C)(O)c1ccc(N2CCN(S(=O)(=O)c3cccs3)C[C@H]2Cc2ccncc2)cc1. The maximum Gasteiger partial charge on any atom is 0.252 e. The van der Waals surface area contributed by atoms with E-state index in [4.69, 9.17) is 0 Å². The monoisotopic (exact) mass is 1830 g/mol. The standard InChI is InChI=1S/4C23H27N3O3S2/c4*1-23(2,27)19-5-7-20(8-6-19)26-14-13-25(31(28,29)22-4-3-15-30-22)17-21(26)16-18-9-11-24-12-10-18/h4*3-12,15,21,27H,13-14,16-17H2,1-2H3/t4*21-/m1100/s1. The summed E-state index contributed by atoms with van der Waals surface area (Å²) in [5.41, 5.74) is 8.38. The van der Waals surface area contributed by atoms with E-state index in [0.717, 1.165) is 67.3 Å². The maximum absolute atomic E-state index is 13.1. The fraction of sp³-hybridized carbons (Fsp3) is 0.348. The van der Waals surface area contributed by atoms with Gasteiger partial charge in [-0.1, -0.05) is 72.8 Å². The molecule has 656 valence electrons. The smallest absolute Gasteiger partial charge is 0.252 e. The summed E-state index contributed by atoms with van der Waals surface area (Å²) in [5.74, 6) is 0. The second-order valence-corrected chi connectivity index (χ2v) is 45.7. The topological polar surface area (TPSA) is 295 Å². The number of aromatic nitrogens is 4. The zero-order valence-electron chi connectivity index (χ0n) is 70.7. The van der Waals surface area contributed by atoms with Crippen molar-refractivity contribution in [3.63, 3.8) is 0 Å². The van der Waals surface area contributed by atoms with Gasteiger partial charge < -0.3 is 40.0 Å². The van der Waals surface area contributed by atoms with Crippen molar-refractivity contribution in [3.8, 4) is 0 Å². The Morgan fingerprint density at radius 1 is 0.274 bits per heavy atom. The molecule has 0 aliphatic carbocycles. The highest BCUT2D eigenvalue weighted by atomic mass is 32.3. The van der Waals surface area contributed by atoms with E-state index in [2.05, 4.69) is 39.5 Å². The lowest BCUT2D eigenvalue weighted by Crippen LogP contribution is -2.55. The van der Waals surface area contributed by atoms with Crippen LogP contribution < -0.4 is 19.6 Å². The molecule has 12 aromatic rings. The van der Waals surface area contributed by atoms with Crippen LogP contribution in [0.5, 0.6) is 0 Å². The number of aliphatic hydroxyl groups is 4. The van der Waals surface area contributed by atoms with Crippen molar-refractivity contribution in [2.24, 2.45) is 0 Å². The fourth-order valence-electron chi connectivity index (χ4n) is 15.8. The Morgan fingerprint density at radius 2 is 0.452 bits per heavy atom. The molecule has 4 fully saturated rings. The molecular formula is C92H108N12O12S8. The predicted octanol–water partition coefficient (Wildman–Crippen LogP) is 14.0. The van der Waals surface area contributed by atoms with Crippen molar-refractivity contribution >= 4 is 108 Å². The molecule has 0 amide bonds. The van der Waals surface area contributed by atoms with Crippen LogP contribution in [0.15, 0.2) is 282 Å². The fourth-order valence-corrected chi connectivity index (χ4v) is 26.2. The lowest BCUT2D eigenvalue weighted by molar-refractivity contribution is 0.0780. The molecule has 0 radical (unpaired) electrons. The second-order valence-electron chi connectivity index (χ2n) is 33.2. The predicted molar refractivity (Wildman–Crippen MR) is 495 cm³/mol. The van der Waals surface area contributed by atoms with E-state index >= 15 is 0 Å². The number of hydrogen-bond acceptors (Lipinski definition) is 24. The summed E-state index contributed by atoms with van der Waals surface area (Å²) in [6.45, 7) is 19.9. The van der Waals surface area contributed by atoms with Gasteiger partial charge in [-0.15, -0.1) is 45.3 Å². The van der Waals surface area contributed by atoms with Crippen LogP contribution in [0.3, 0.4) is 0 Å². The number of piperazine rings is 4. The van der Waals surface area contributed by atoms with Gasteiger partial charge in [0.15, 0.2) is 0 Å². The summed E-state index contributed by atoms with van der Waals surface area (Å²) in [6, 6.07) is 61.1. The Balaban J connectivity index is 0.000000142. The summed E-state index contributed by atoms with van der Waals surface area (Å²) in [7, 11) is -14.0. The summed E-state index contributed by atoms with van der Waals surface area (Å²) in [5, 5.41) is 48.2. The Kier molecular flexibility index (Phi) is 29.8. The van der Waals surface area contributed by atoms with E-state index in [1.807, 2.05) is 146 Å². The first-order valence-electron chi connectivity index (χ1n) is 41.1. The Bertz CT molecular complexity index is 5100. The molecule has 4 saturated heterocycles. The Hall–Kier alpha value is -9.04. The number of benzene rings is 4. The van der Waals surface area contributed by atoms with Crippen molar-refractivity contribution in [1.82, 2.24) is 37.2 Å². The maximum atomic E-state index is 13.1. The number of nitrogens with zero attached hydrogens (tertiary/aromatic N) is 12. The average molecular weight is 1830 g/mol. The molecule has 4 aromatic carbocycles. The number of hydrogen-bond donors (Lipinski definition) is 4. The van der Waals surface area contributed by atoms with Crippen molar-refractivity contribution < 1.29 is 54.1 Å². The molecule has 4 aliphatic rings. The quantitative estimate of drug-likeness (QED) is 0.0437. The van der Waals surface area contributed by atoms with Crippen LogP contribution >= 0.6 is 45.3 Å². The number of pyridine rings is 4. The first-order chi connectivity index (χ1) is 59.0. The van der Waals surface area contributed by atoms with Gasteiger partial charge in [0.1, 0.15) is 16.8 Å². The molecule has 0 unspecified atom stereocenters. The van der Waals surface area contributed by atoms with Crippen LogP contribution in [0, 0.1) is 0 Å². The van der Waals surface area contributed by atoms with Crippen molar-refractivity contribution in [2.45, 2.75) is 144 Å². The molecule has 4 aliphatic heterocycles. The molecule has 0 bridgehead atoms. The van der Waals surface area contributed by atoms with Gasteiger partial charge in [0.05, 0.1) is 22.4 Å². The molecule has 4 N–H and O–H groups in total. The van der Waals surface area contributed by atoms with E-state index in [0.29, 0.717) is 121 Å². The second kappa shape index (κ2) is 39.9. The van der Waals surface area contributed by atoms with Gasteiger partial charge in [-0.3, -0.25) is 19.9 Å². The first-order valence-corrected chi connectivity index (χ1v) is 50.4. The van der Waals surface area contributed by atoms with E-state index < -0.39 is 62.5 Å². The molecule has 32 heteroatoms. The zero-order chi connectivity index (χ0) is 88.2.